The largest absolute Gasteiger partial charge is 0.373 e. The number of benzene rings is 2. The van der Waals surface area contributed by atoms with E-state index in [-0.39, 0.29) is 6.04 Å². The molecule has 2 nitrogen and oxygen atoms in total. The fourth-order valence-electron chi connectivity index (χ4n) is 2.37. The molecule has 0 aromatic heterocycles. The van der Waals surface area contributed by atoms with Crippen molar-refractivity contribution in [2.24, 2.45) is 5.73 Å². The van der Waals surface area contributed by atoms with Crippen LogP contribution in [0.5, 0.6) is 0 Å². The van der Waals surface area contributed by atoms with Crippen LogP contribution in [0.25, 0.3) is 0 Å². The molecule has 2 aromatic rings. The lowest BCUT2D eigenvalue weighted by Gasteiger charge is -2.24. The van der Waals surface area contributed by atoms with Crippen LogP contribution in [0.2, 0.25) is 0 Å². The average Bonchev–Trinajstić information content (AvgIpc) is 2.47. The maximum Gasteiger partial charge on any atom is 0.0473 e. The molecule has 0 spiro atoms. The molecule has 0 fully saturated rings. The van der Waals surface area contributed by atoms with Gasteiger partial charge < -0.3 is 10.6 Å². The second kappa shape index (κ2) is 6.58. The van der Waals surface area contributed by atoms with Crippen LogP contribution in [0.1, 0.15) is 29.7 Å². The second-order valence-electron chi connectivity index (χ2n) is 5.42. The molecule has 0 amide bonds. The Morgan fingerprint density at radius 1 is 1.10 bits per heavy atom. The Bertz CT molecular complexity index is 546. The highest BCUT2D eigenvalue weighted by molar-refractivity contribution is 5.48. The van der Waals surface area contributed by atoms with Crippen molar-refractivity contribution in [1.29, 1.82) is 0 Å². The lowest BCUT2D eigenvalue weighted by atomic mass is 10.0. The summed E-state index contributed by atoms with van der Waals surface area (Å²) in [5, 5.41) is 0. The summed E-state index contributed by atoms with van der Waals surface area (Å²) in [5.41, 5.74) is 11.4. The van der Waals surface area contributed by atoms with Gasteiger partial charge in [0, 0.05) is 25.3 Å². The summed E-state index contributed by atoms with van der Waals surface area (Å²) >= 11 is 0. The van der Waals surface area contributed by atoms with Gasteiger partial charge >= 0.3 is 0 Å². The smallest absolute Gasteiger partial charge is 0.0473 e. The molecule has 0 saturated carbocycles. The van der Waals surface area contributed by atoms with Crippen LogP contribution in [0.4, 0.5) is 5.69 Å². The molecule has 106 valence electrons. The highest BCUT2D eigenvalue weighted by Crippen LogP contribution is 2.18. The van der Waals surface area contributed by atoms with Gasteiger partial charge in [-0.1, -0.05) is 43.3 Å². The fraction of sp³-hybridized carbons (Fsp3) is 0.333. The molecule has 0 aliphatic rings. The molecule has 1 unspecified atom stereocenters. The quantitative estimate of drug-likeness (QED) is 0.896. The third-order valence-corrected chi connectivity index (χ3v) is 3.73. The number of nitrogens with two attached hydrogens (primary N) is 1. The van der Waals surface area contributed by atoms with Crippen LogP contribution >= 0.6 is 0 Å². The van der Waals surface area contributed by atoms with Crippen LogP contribution < -0.4 is 10.6 Å². The van der Waals surface area contributed by atoms with E-state index in [2.05, 4.69) is 74.3 Å². The van der Waals surface area contributed by atoms with Crippen molar-refractivity contribution in [3.63, 3.8) is 0 Å². The third-order valence-electron chi connectivity index (χ3n) is 3.73. The molecular formula is C18H24N2. The van der Waals surface area contributed by atoms with Gasteiger partial charge in [-0.3, -0.25) is 0 Å². The van der Waals surface area contributed by atoms with Gasteiger partial charge in [0.1, 0.15) is 0 Å². The Hall–Kier alpha value is -1.80. The molecule has 0 saturated heterocycles. The number of hydrogen-bond acceptors (Lipinski definition) is 2. The molecule has 0 bridgehead atoms. The normalized spacial score (nSPS) is 12.2. The summed E-state index contributed by atoms with van der Waals surface area (Å²) in [6, 6.07) is 17.2. The van der Waals surface area contributed by atoms with Crippen LogP contribution in [-0.4, -0.2) is 13.6 Å². The topological polar surface area (TPSA) is 29.3 Å². The van der Waals surface area contributed by atoms with E-state index >= 15 is 0 Å². The van der Waals surface area contributed by atoms with Crippen molar-refractivity contribution in [3.05, 3.63) is 65.2 Å². The Labute approximate surface area is 122 Å². The first-order valence-corrected chi connectivity index (χ1v) is 7.22. The number of nitrogens with zero attached hydrogens (tertiary/aromatic N) is 1. The van der Waals surface area contributed by atoms with Gasteiger partial charge in [0.25, 0.3) is 0 Å². The Balaban J connectivity index is 2.04. The van der Waals surface area contributed by atoms with Gasteiger partial charge in [0.15, 0.2) is 0 Å². The molecule has 0 aliphatic carbocycles. The third kappa shape index (κ3) is 3.61. The predicted octanol–water partition coefficient (Wildman–Crippen LogP) is 3.69. The van der Waals surface area contributed by atoms with E-state index in [0.29, 0.717) is 0 Å². The molecule has 1 atom stereocenters. The molecule has 2 rings (SSSR count). The maximum atomic E-state index is 6.32. The SMILES string of the molecule is CCc1ccc(C(N)CN(C)c2cccc(C)c2)cc1. The van der Waals surface area contributed by atoms with Crippen LogP contribution in [0, 0.1) is 6.92 Å². The van der Waals surface area contributed by atoms with E-state index in [9.17, 15) is 0 Å². The van der Waals surface area contributed by atoms with Crippen molar-refractivity contribution in [3.8, 4) is 0 Å². The monoisotopic (exact) mass is 268 g/mol. The lowest BCUT2D eigenvalue weighted by molar-refractivity contribution is 0.703. The van der Waals surface area contributed by atoms with E-state index in [0.717, 1.165) is 13.0 Å². The molecule has 0 radical (unpaired) electrons. The first kappa shape index (κ1) is 14.6. The zero-order chi connectivity index (χ0) is 14.5. The minimum Gasteiger partial charge on any atom is -0.373 e. The molecule has 0 aliphatic heterocycles. The molecule has 2 heteroatoms. The van der Waals surface area contributed by atoms with E-state index in [1.165, 1.54) is 22.4 Å². The fourth-order valence-corrected chi connectivity index (χ4v) is 2.37. The summed E-state index contributed by atoms with van der Waals surface area (Å²) in [7, 11) is 2.09. The summed E-state index contributed by atoms with van der Waals surface area (Å²) in [6.45, 7) is 5.09. The zero-order valence-corrected chi connectivity index (χ0v) is 12.6. The molecule has 20 heavy (non-hydrogen) atoms. The maximum absolute atomic E-state index is 6.32. The Kier molecular flexibility index (Phi) is 4.80. The number of hydrogen-bond donors (Lipinski definition) is 1. The average molecular weight is 268 g/mol. The van der Waals surface area contributed by atoms with Gasteiger partial charge in [-0.15, -0.1) is 0 Å². The first-order valence-electron chi connectivity index (χ1n) is 7.22. The van der Waals surface area contributed by atoms with Gasteiger partial charge in [0.05, 0.1) is 0 Å². The summed E-state index contributed by atoms with van der Waals surface area (Å²) in [6.07, 6.45) is 1.07. The van der Waals surface area contributed by atoms with E-state index < -0.39 is 0 Å². The lowest BCUT2D eigenvalue weighted by Crippen LogP contribution is -2.28. The zero-order valence-electron chi connectivity index (χ0n) is 12.6. The van der Waals surface area contributed by atoms with Crippen LogP contribution in [0.15, 0.2) is 48.5 Å². The molecule has 2 N–H and O–H groups in total. The Morgan fingerprint density at radius 2 is 1.80 bits per heavy atom. The van der Waals surface area contributed by atoms with E-state index in [4.69, 9.17) is 5.73 Å². The van der Waals surface area contributed by atoms with E-state index in [1.807, 2.05) is 0 Å². The number of anilines is 1. The van der Waals surface area contributed by atoms with Gasteiger partial charge in [-0.05, 0) is 42.2 Å². The van der Waals surface area contributed by atoms with Crippen LogP contribution in [-0.2, 0) is 6.42 Å². The van der Waals surface area contributed by atoms with Crippen molar-refractivity contribution in [2.45, 2.75) is 26.3 Å². The summed E-state index contributed by atoms with van der Waals surface area (Å²) < 4.78 is 0. The number of rotatable bonds is 5. The number of aryl methyl sites for hydroxylation is 2. The second-order valence-corrected chi connectivity index (χ2v) is 5.42. The van der Waals surface area contributed by atoms with Gasteiger partial charge in [-0.25, -0.2) is 0 Å². The molecule has 2 aromatic carbocycles. The van der Waals surface area contributed by atoms with E-state index in [1.54, 1.807) is 0 Å². The van der Waals surface area contributed by atoms with Gasteiger partial charge in [-0.2, -0.15) is 0 Å². The molecular weight excluding hydrogens is 244 g/mol. The first-order chi connectivity index (χ1) is 9.60. The summed E-state index contributed by atoms with van der Waals surface area (Å²) in [5.74, 6) is 0. The standard InChI is InChI=1S/C18H24N2/c1-4-15-8-10-16(11-9-15)18(19)13-20(3)17-7-5-6-14(2)12-17/h5-12,18H,4,13,19H2,1-3H3. The van der Waals surface area contributed by atoms with Crippen LogP contribution in [0.3, 0.4) is 0 Å². The Morgan fingerprint density at radius 3 is 2.40 bits per heavy atom. The van der Waals surface area contributed by atoms with Crippen molar-refractivity contribution in [2.75, 3.05) is 18.5 Å². The highest BCUT2D eigenvalue weighted by Gasteiger charge is 2.10. The van der Waals surface area contributed by atoms with Crippen molar-refractivity contribution in [1.82, 2.24) is 0 Å². The molecule has 0 heterocycles. The minimum atomic E-state index is 0.0337. The summed E-state index contributed by atoms with van der Waals surface area (Å²) in [4.78, 5) is 2.21. The predicted molar refractivity (Wildman–Crippen MR) is 87.2 cm³/mol. The minimum absolute atomic E-state index is 0.0337. The number of likely N-dealkylation sites (N-methyl/N-ethyl adjacent to an activating group) is 1. The van der Waals surface area contributed by atoms with Crippen molar-refractivity contribution >= 4 is 5.69 Å². The highest BCUT2D eigenvalue weighted by atomic mass is 15.1. The van der Waals surface area contributed by atoms with Gasteiger partial charge in [0.2, 0.25) is 0 Å². The van der Waals surface area contributed by atoms with Crippen molar-refractivity contribution < 1.29 is 0 Å².